The first-order valence-corrected chi connectivity index (χ1v) is 21.7. The number of allylic oxidation sites excluding steroid dienone is 10. The van der Waals surface area contributed by atoms with Gasteiger partial charge in [-0.2, -0.15) is 0 Å². The molecular formula is C42H74NO8P. The second kappa shape index (κ2) is 38.4. The van der Waals surface area contributed by atoms with Crippen LogP contribution < -0.4 is 5.32 Å². The van der Waals surface area contributed by atoms with Crippen LogP contribution in [0.1, 0.15) is 155 Å². The lowest BCUT2D eigenvalue weighted by Gasteiger charge is -2.20. The van der Waals surface area contributed by atoms with E-state index in [1.54, 1.807) is 7.05 Å². The lowest BCUT2D eigenvalue weighted by Crippen LogP contribution is -2.29. The Bertz CT molecular complexity index is 1040. The molecule has 0 aromatic heterocycles. The zero-order valence-electron chi connectivity index (χ0n) is 33.0. The van der Waals surface area contributed by atoms with Crippen LogP contribution in [0.2, 0.25) is 0 Å². The monoisotopic (exact) mass is 752 g/mol. The van der Waals surface area contributed by atoms with Crippen molar-refractivity contribution < 1.29 is 37.6 Å². The van der Waals surface area contributed by atoms with Crippen molar-refractivity contribution in [3.05, 3.63) is 60.8 Å². The van der Waals surface area contributed by atoms with E-state index in [1.807, 2.05) is 12.2 Å². The fourth-order valence-electron chi connectivity index (χ4n) is 5.06. The third-order valence-corrected chi connectivity index (χ3v) is 9.14. The van der Waals surface area contributed by atoms with Crippen LogP contribution in [-0.2, 0) is 32.7 Å². The van der Waals surface area contributed by atoms with Crippen LogP contribution in [0.5, 0.6) is 0 Å². The summed E-state index contributed by atoms with van der Waals surface area (Å²) in [4.78, 5) is 34.9. The van der Waals surface area contributed by atoms with Gasteiger partial charge < -0.3 is 19.7 Å². The number of esters is 2. The average molecular weight is 752 g/mol. The average Bonchev–Trinajstić information content (AvgIpc) is 3.12. The summed E-state index contributed by atoms with van der Waals surface area (Å²) in [5.74, 6) is -0.907. The second-order valence-electron chi connectivity index (χ2n) is 13.1. The number of phosphoric ester groups is 1. The first-order valence-electron chi connectivity index (χ1n) is 20.2. The largest absolute Gasteiger partial charge is 0.472 e. The molecule has 0 aliphatic heterocycles. The summed E-state index contributed by atoms with van der Waals surface area (Å²) in [5.41, 5.74) is 0. The predicted molar refractivity (Wildman–Crippen MR) is 215 cm³/mol. The standard InChI is InChI=1S/C42H74NO8P/c1-4-6-8-10-12-14-16-17-18-19-20-21-22-23-25-26-28-30-32-34-41(44)48-38-40(39-50-52(46,47)49-37-36-43-3)51-42(45)35-33-31-29-27-24-15-13-11-9-7-5-2/h12,14,17-18,20-21,23,25,28,30,40,43H,4-11,13,15-16,19,22,24,26-27,29,31-39H2,1-3H3,(H,46,47)/b14-12-,18-17-,21-20-,25-23-,30-28-. The minimum absolute atomic E-state index is 0.0293. The predicted octanol–water partition coefficient (Wildman–Crippen LogP) is 11.2. The first-order chi connectivity index (χ1) is 25.3. The molecule has 0 amide bonds. The normalized spacial score (nSPS) is 14.0. The molecule has 0 bridgehead atoms. The summed E-state index contributed by atoms with van der Waals surface area (Å²) in [6.45, 7) is 4.08. The second-order valence-corrected chi connectivity index (χ2v) is 14.6. The molecule has 2 atom stereocenters. The van der Waals surface area contributed by atoms with Gasteiger partial charge in [0.25, 0.3) is 0 Å². The molecule has 0 rings (SSSR count). The van der Waals surface area contributed by atoms with Crippen molar-refractivity contribution in [1.82, 2.24) is 5.32 Å². The van der Waals surface area contributed by atoms with Gasteiger partial charge in [-0.15, -0.1) is 0 Å². The number of carbonyl (C=O) groups excluding carboxylic acids is 2. The maximum Gasteiger partial charge on any atom is 0.472 e. The van der Waals surface area contributed by atoms with Gasteiger partial charge in [-0.25, -0.2) is 4.57 Å². The van der Waals surface area contributed by atoms with E-state index < -0.39 is 32.5 Å². The number of unbranched alkanes of at least 4 members (excludes halogenated alkanes) is 13. The summed E-state index contributed by atoms with van der Waals surface area (Å²) in [6, 6.07) is 0. The highest BCUT2D eigenvalue weighted by Gasteiger charge is 2.26. The molecule has 52 heavy (non-hydrogen) atoms. The molecule has 2 unspecified atom stereocenters. The van der Waals surface area contributed by atoms with Crippen molar-refractivity contribution in [2.24, 2.45) is 0 Å². The maximum atomic E-state index is 12.5. The van der Waals surface area contributed by atoms with Gasteiger partial charge >= 0.3 is 19.8 Å². The van der Waals surface area contributed by atoms with Gasteiger partial charge in [0.15, 0.2) is 6.10 Å². The van der Waals surface area contributed by atoms with Gasteiger partial charge in [-0.1, -0.05) is 152 Å². The topological polar surface area (TPSA) is 120 Å². The number of likely N-dealkylation sites (N-methyl/N-ethyl adjacent to an activating group) is 1. The van der Waals surface area contributed by atoms with Crippen molar-refractivity contribution in [2.45, 2.75) is 161 Å². The molecule has 0 aliphatic rings. The van der Waals surface area contributed by atoms with E-state index in [-0.39, 0.29) is 26.1 Å². The summed E-state index contributed by atoms with van der Waals surface area (Å²) < 4.78 is 33.0. The van der Waals surface area contributed by atoms with Crippen LogP contribution in [0.15, 0.2) is 60.8 Å². The zero-order chi connectivity index (χ0) is 38.2. The van der Waals surface area contributed by atoms with Gasteiger partial charge in [0, 0.05) is 19.4 Å². The Balaban J connectivity index is 4.38. The van der Waals surface area contributed by atoms with E-state index in [0.717, 1.165) is 44.9 Å². The van der Waals surface area contributed by atoms with Crippen molar-refractivity contribution >= 4 is 19.8 Å². The molecule has 0 radical (unpaired) electrons. The Hall–Kier alpha value is -2.29. The third kappa shape index (κ3) is 37.5. The van der Waals surface area contributed by atoms with Crippen LogP contribution >= 0.6 is 7.82 Å². The Labute approximate surface area is 317 Å². The van der Waals surface area contributed by atoms with E-state index >= 15 is 0 Å². The number of ether oxygens (including phenoxy) is 2. The molecule has 10 heteroatoms. The number of hydrogen-bond acceptors (Lipinski definition) is 8. The van der Waals surface area contributed by atoms with E-state index in [1.165, 1.54) is 70.6 Å². The van der Waals surface area contributed by atoms with E-state index in [2.05, 4.69) is 67.8 Å². The molecular weight excluding hydrogens is 677 g/mol. The van der Waals surface area contributed by atoms with Crippen LogP contribution in [-0.4, -0.2) is 56.3 Å². The van der Waals surface area contributed by atoms with Gasteiger partial charge in [0.1, 0.15) is 6.61 Å². The van der Waals surface area contributed by atoms with Gasteiger partial charge in [0.05, 0.1) is 13.2 Å². The Morgan fingerprint density at radius 2 is 1.08 bits per heavy atom. The number of carbonyl (C=O) groups is 2. The number of hydrogen-bond donors (Lipinski definition) is 2. The van der Waals surface area contributed by atoms with Crippen molar-refractivity contribution in [3.63, 3.8) is 0 Å². The number of phosphoric acid groups is 1. The Morgan fingerprint density at radius 3 is 1.62 bits per heavy atom. The Morgan fingerprint density at radius 1 is 0.596 bits per heavy atom. The molecule has 0 saturated carbocycles. The Kier molecular flexibility index (Phi) is 36.7. The SMILES string of the molecule is CCCCC/C=C\C/C=C\C/C=C\C/C=C\C/C=C\CCC(=O)OCC(COP(=O)(O)OCCNC)OC(=O)CCCCCCCCCCCCC. The summed E-state index contributed by atoms with van der Waals surface area (Å²) in [5, 5.41) is 2.81. The molecule has 0 aromatic carbocycles. The number of nitrogens with one attached hydrogen (secondary N) is 1. The van der Waals surface area contributed by atoms with Crippen molar-refractivity contribution in [2.75, 3.05) is 33.4 Å². The summed E-state index contributed by atoms with van der Waals surface area (Å²) in [7, 11) is -2.67. The molecule has 300 valence electrons. The molecule has 0 spiro atoms. The fraction of sp³-hybridized carbons (Fsp3) is 0.714. The zero-order valence-corrected chi connectivity index (χ0v) is 33.9. The molecule has 9 nitrogen and oxygen atoms in total. The molecule has 0 aliphatic carbocycles. The molecule has 0 aromatic rings. The lowest BCUT2D eigenvalue weighted by molar-refractivity contribution is -0.161. The van der Waals surface area contributed by atoms with Gasteiger partial charge in [-0.3, -0.25) is 18.6 Å². The molecule has 0 saturated heterocycles. The van der Waals surface area contributed by atoms with Crippen LogP contribution in [0.3, 0.4) is 0 Å². The van der Waals surface area contributed by atoms with Crippen molar-refractivity contribution in [3.8, 4) is 0 Å². The lowest BCUT2D eigenvalue weighted by atomic mass is 10.1. The summed E-state index contributed by atoms with van der Waals surface area (Å²) >= 11 is 0. The first kappa shape index (κ1) is 49.7. The smallest absolute Gasteiger partial charge is 0.462 e. The van der Waals surface area contributed by atoms with Crippen molar-refractivity contribution in [1.29, 1.82) is 0 Å². The number of rotatable bonds is 37. The van der Waals surface area contributed by atoms with Crippen LogP contribution in [0.4, 0.5) is 0 Å². The van der Waals surface area contributed by atoms with Crippen LogP contribution in [0, 0.1) is 0 Å². The van der Waals surface area contributed by atoms with E-state index in [0.29, 0.717) is 19.4 Å². The highest BCUT2D eigenvalue weighted by molar-refractivity contribution is 7.47. The molecule has 0 fully saturated rings. The van der Waals surface area contributed by atoms with E-state index in [4.69, 9.17) is 18.5 Å². The molecule has 2 N–H and O–H groups in total. The van der Waals surface area contributed by atoms with Gasteiger partial charge in [-0.05, 0) is 58.4 Å². The fourth-order valence-corrected chi connectivity index (χ4v) is 5.81. The highest BCUT2D eigenvalue weighted by atomic mass is 31.2. The maximum absolute atomic E-state index is 12.5. The van der Waals surface area contributed by atoms with Gasteiger partial charge in [0.2, 0.25) is 0 Å². The quantitative estimate of drug-likeness (QED) is 0.0276. The third-order valence-electron chi connectivity index (χ3n) is 8.15. The van der Waals surface area contributed by atoms with E-state index in [9.17, 15) is 19.0 Å². The summed E-state index contributed by atoms with van der Waals surface area (Å²) in [6.07, 6.45) is 42.8. The highest BCUT2D eigenvalue weighted by Crippen LogP contribution is 2.43. The van der Waals surface area contributed by atoms with Crippen LogP contribution in [0.25, 0.3) is 0 Å². The minimum atomic E-state index is -4.36. The minimum Gasteiger partial charge on any atom is -0.462 e. The molecule has 0 heterocycles.